The van der Waals surface area contributed by atoms with Crippen LogP contribution in [0, 0.1) is 0 Å². The van der Waals surface area contributed by atoms with Gasteiger partial charge in [-0.25, -0.2) is 9.79 Å². The summed E-state index contributed by atoms with van der Waals surface area (Å²) in [6.07, 6.45) is 1.80. The van der Waals surface area contributed by atoms with Crippen LogP contribution in [-0.2, 0) is 14.3 Å². The van der Waals surface area contributed by atoms with Gasteiger partial charge in [0.05, 0.1) is 38.0 Å². The summed E-state index contributed by atoms with van der Waals surface area (Å²) in [5.74, 6) is 0.339. The number of hydrogen-bond acceptors (Lipinski definition) is 8. The molecule has 3 heterocycles. The smallest absolute Gasteiger partial charge is 0.338 e. The van der Waals surface area contributed by atoms with Crippen LogP contribution in [0.15, 0.2) is 51.6 Å². The number of hydrogen-bond donors (Lipinski definition) is 0. The third kappa shape index (κ3) is 4.59. The molecule has 1 aromatic rings. The third-order valence-corrected chi connectivity index (χ3v) is 7.57. The van der Waals surface area contributed by atoms with Crippen LogP contribution in [0.4, 0.5) is 0 Å². The first-order valence-corrected chi connectivity index (χ1v) is 12.4. The van der Waals surface area contributed by atoms with Gasteiger partial charge in [0.15, 0.2) is 5.17 Å². The molecule has 3 aliphatic heterocycles. The van der Waals surface area contributed by atoms with Gasteiger partial charge in [0.1, 0.15) is 5.75 Å². The summed E-state index contributed by atoms with van der Waals surface area (Å²) in [5.41, 5.74) is 2.90. The Balaban J connectivity index is 1.69. The Morgan fingerprint density at radius 3 is 2.74 bits per heavy atom. The van der Waals surface area contributed by atoms with Crippen molar-refractivity contribution in [2.75, 3.05) is 41.4 Å². The van der Waals surface area contributed by atoms with Crippen molar-refractivity contribution < 1.29 is 19.1 Å². The number of amides is 1. The fraction of sp³-hybridized carbons (Fsp3) is 0.480. The summed E-state index contributed by atoms with van der Waals surface area (Å²) in [4.78, 5) is 37.2. The minimum Gasteiger partial charge on any atom is -0.497 e. The van der Waals surface area contributed by atoms with Crippen molar-refractivity contribution in [3.05, 3.63) is 52.2 Å². The van der Waals surface area contributed by atoms with Crippen LogP contribution in [0.3, 0.4) is 0 Å². The fourth-order valence-corrected chi connectivity index (χ4v) is 5.69. The second kappa shape index (κ2) is 10.2. The van der Waals surface area contributed by atoms with Crippen LogP contribution in [-0.4, -0.2) is 79.2 Å². The van der Waals surface area contributed by atoms with Crippen molar-refractivity contribution in [1.29, 1.82) is 0 Å². The monoisotopic (exact) mass is 484 g/mol. The van der Waals surface area contributed by atoms with E-state index in [2.05, 4.69) is 11.9 Å². The standard InChI is InChI=1S/C25H32N4O4S/c1-6-20-22(24(31)33-5)23(16-8-7-9-19(12-16)32-4)29-18(15-34-25(29)26-20)13-21(30)28(3)17-10-11-27(2)14-17/h7-9,12,15,17,23H,6,10-11,13-14H2,1-5H3. The number of fused-ring (bicyclic) bond motifs is 1. The largest absolute Gasteiger partial charge is 0.497 e. The SMILES string of the molecule is CCC1=C(C(=O)OC)C(c2cccc(OC)c2)N2C(CC(=O)N(C)C3CCN(C)C3)=CSC2=N1. The molecule has 0 N–H and O–H groups in total. The number of esters is 1. The molecule has 2 unspecified atom stereocenters. The van der Waals surface area contributed by atoms with Gasteiger partial charge in [-0.15, -0.1) is 0 Å². The van der Waals surface area contributed by atoms with Crippen LogP contribution < -0.4 is 4.74 Å². The zero-order valence-electron chi connectivity index (χ0n) is 20.4. The Bertz CT molecular complexity index is 1070. The number of aliphatic imine (C=N–C) groups is 1. The van der Waals surface area contributed by atoms with E-state index in [1.165, 1.54) is 18.9 Å². The van der Waals surface area contributed by atoms with Gasteiger partial charge in [-0.05, 0) is 49.5 Å². The van der Waals surface area contributed by atoms with Crippen LogP contribution in [0.1, 0.15) is 37.8 Å². The third-order valence-electron chi connectivity index (χ3n) is 6.68. The molecule has 3 aliphatic rings. The number of thioether (sulfide) groups is 1. The highest BCUT2D eigenvalue weighted by atomic mass is 32.2. The molecule has 9 heteroatoms. The van der Waals surface area contributed by atoms with Gasteiger partial charge in [-0.2, -0.15) is 0 Å². The number of benzene rings is 1. The topological polar surface area (TPSA) is 74.7 Å². The molecule has 0 radical (unpaired) electrons. The van der Waals surface area contributed by atoms with Crippen LogP contribution in [0.5, 0.6) is 5.75 Å². The first-order chi connectivity index (χ1) is 16.4. The molecule has 0 aromatic heterocycles. The quantitative estimate of drug-likeness (QED) is 0.549. The van der Waals surface area contributed by atoms with E-state index in [0.717, 1.165) is 35.9 Å². The van der Waals surface area contributed by atoms with E-state index in [0.29, 0.717) is 23.4 Å². The summed E-state index contributed by atoms with van der Waals surface area (Å²) < 4.78 is 10.6. The van der Waals surface area contributed by atoms with Crippen molar-refractivity contribution in [2.24, 2.45) is 4.99 Å². The van der Waals surface area contributed by atoms with Crippen molar-refractivity contribution in [1.82, 2.24) is 14.7 Å². The van der Waals surface area contributed by atoms with E-state index in [-0.39, 0.29) is 18.4 Å². The molecule has 1 saturated heterocycles. The Morgan fingerprint density at radius 2 is 2.09 bits per heavy atom. The summed E-state index contributed by atoms with van der Waals surface area (Å²) in [7, 11) is 6.97. The molecule has 2 atom stereocenters. The number of allylic oxidation sites excluding steroid dienone is 1. The van der Waals surface area contributed by atoms with Crippen molar-refractivity contribution in [3.8, 4) is 5.75 Å². The molecule has 8 nitrogen and oxygen atoms in total. The van der Waals surface area contributed by atoms with Crippen molar-refractivity contribution in [3.63, 3.8) is 0 Å². The number of amidine groups is 1. The Hall–Kier alpha value is -2.78. The number of likely N-dealkylation sites (N-methyl/N-ethyl adjacent to an activating group) is 2. The highest BCUT2D eigenvalue weighted by Crippen LogP contribution is 2.46. The Labute approximate surface area is 205 Å². The van der Waals surface area contributed by atoms with Gasteiger partial charge < -0.3 is 24.2 Å². The van der Waals surface area contributed by atoms with Crippen LogP contribution in [0.2, 0.25) is 0 Å². The predicted octanol–water partition coefficient (Wildman–Crippen LogP) is 3.39. The van der Waals surface area contributed by atoms with E-state index in [9.17, 15) is 9.59 Å². The summed E-state index contributed by atoms with van der Waals surface area (Å²) in [6.45, 7) is 3.86. The molecule has 0 spiro atoms. The van der Waals surface area contributed by atoms with Gasteiger partial charge in [-0.3, -0.25) is 4.79 Å². The summed E-state index contributed by atoms with van der Waals surface area (Å²) in [5, 5.41) is 2.75. The maximum atomic E-state index is 13.3. The lowest BCUT2D eigenvalue weighted by Gasteiger charge is -2.37. The fourth-order valence-electron chi connectivity index (χ4n) is 4.75. The average molecular weight is 485 g/mol. The van der Waals surface area contributed by atoms with Crippen LogP contribution >= 0.6 is 11.8 Å². The maximum absolute atomic E-state index is 13.3. The minimum absolute atomic E-state index is 0.0580. The average Bonchev–Trinajstić information content (AvgIpc) is 3.47. The second-order valence-electron chi connectivity index (χ2n) is 8.76. The van der Waals surface area contributed by atoms with Gasteiger partial charge in [0.25, 0.3) is 0 Å². The Kier molecular flexibility index (Phi) is 7.33. The van der Waals surface area contributed by atoms with Crippen LogP contribution in [0.25, 0.3) is 0 Å². The van der Waals surface area contributed by atoms with Gasteiger partial charge in [0.2, 0.25) is 5.91 Å². The maximum Gasteiger partial charge on any atom is 0.338 e. The molecule has 34 heavy (non-hydrogen) atoms. The zero-order chi connectivity index (χ0) is 24.4. The molecule has 0 bridgehead atoms. The lowest BCUT2D eigenvalue weighted by Crippen LogP contribution is -2.41. The molecule has 1 amide bonds. The second-order valence-corrected chi connectivity index (χ2v) is 9.60. The predicted molar refractivity (Wildman–Crippen MR) is 133 cm³/mol. The number of rotatable bonds is 7. The lowest BCUT2D eigenvalue weighted by molar-refractivity contribution is -0.136. The molecule has 0 aliphatic carbocycles. The van der Waals surface area contributed by atoms with E-state index >= 15 is 0 Å². The number of methoxy groups -OCH3 is 2. The van der Waals surface area contributed by atoms with E-state index < -0.39 is 12.0 Å². The first-order valence-electron chi connectivity index (χ1n) is 11.5. The molecule has 1 aromatic carbocycles. The van der Waals surface area contributed by atoms with Gasteiger partial charge in [-0.1, -0.05) is 30.8 Å². The number of nitrogens with zero attached hydrogens (tertiary/aromatic N) is 4. The molecular weight excluding hydrogens is 452 g/mol. The minimum atomic E-state index is -0.457. The number of ether oxygens (including phenoxy) is 2. The van der Waals surface area contributed by atoms with E-state index in [4.69, 9.17) is 14.5 Å². The first kappa shape index (κ1) is 24.3. The zero-order valence-corrected chi connectivity index (χ0v) is 21.2. The number of carbonyl (C=O) groups excluding carboxylic acids is 2. The van der Waals surface area contributed by atoms with E-state index in [1.807, 2.05) is 53.4 Å². The normalized spacial score (nSPS) is 22.3. The van der Waals surface area contributed by atoms with Gasteiger partial charge in [0, 0.05) is 25.3 Å². The molecule has 4 rings (SSSR count). The highest BCUT2D eigenvalue weighted by molar-refractivity contribution is 8.16. The van der Waals surface area contributed by atoms with Crippen molar-refractivity contribution in [2.45, 2.75) is 38.3 Å². The highest BCUT2D eigenvalue weighted by Gasteiger charge is 2.42. The summed E-state index contributed by atoms with van der Waals surface area (Å²) >= 11 is 1.49. The van der Waals surface area contributed by atoms with E-state index in [1.54, 1.807) is 7.11 Å². The molecule has 1 fully saturated rings. The van der Waals surface area contributed by atoms with Gasteiger partial charge >= 0.3 is 5.97 Å². The number of likely N-dealkylation sites (tertiary alicyclic amines) is 1. The molecular formula is C25H32N4O4S. The summed E-state index contributed by atoms with van der Waals surface area (Å²) in [6, 6.07) is 7.43. The number of carbonyl (C=O) groups is 2. The molecule has 0 saturated carbocycles. The Morgan fingerprint density at radius 1 is 1.29 bits per heavy atom. The lowest BCUT2D eigenvalue weighted by atomic mass is 9.92. The van der Waals surface area contributed by atoms with Crippen molar-refractivity contribution >= 4 is 28.8 Å². The molecule has 182 valence electrons.